The summed E-state index contributed by atoms with van der Waals surface area (Å²) in [5, 5.41) is 0. The number of halogens is 3. The third-order valence-corrected chi connectivity index (χ3v) is 4.16. The first kappa shape index (κ1) is 14.5. The molecule has 0 radical (unpaired) electrons. The van der Waals surface area contributed by atoms with Crippen molar-refractivity contribution in [2.24, 2.45) is 5.73 Å². The zero-order chi connectivity index (χ0) is 14.0. The molecule has 2 N–H and O–H groups in total. The summed E-state index contributed by atoms with van der Waals surface area (Å²) in [7, 11) is 1.59. The Morgan fingerprint density at radius 3 is 2.47 bits per heavy atom. The van der Waals surface area contributed by atoms with Crippen LogP contribution in [0.1, 0.15) is 17.2 Å². The van der Waals surface area contributed by atoms with Gasteiger partial charge in [0.05, 0.1) is 17.6 Å². The monoisotopic (exact) mass is 387 g/mol. The lowest BCUT2D eigenvalue weighted by Gasteiger charge is -2.16. The second-order valence-corrected chi connectivity index (χ2v) is 5.72. The van der Waals surface area contributed by atoms with Crippen LogP contribution in [-0.2, 0) is 0 Å². The van der Waals surface area contributed by atoms with Crippen molar-refractivity contribution in [3.05, 3.63) is 62.3 Å². The third-order valence-electron chi connectivity index (χ3n) is 2.85. The SMILES string of the molecule is COc1ccc(C(N)c2c(F)cccc2Br)cc1Br. The number of hydrogen-bond donors (Lipinski definition) is 1. The van der Waals surface area contributed by atoms with Gasteiger partial charge in [-0.3, -0.25) is 0 Å². The first-order valence-electron chi connectivity index (χ1n) is 5.57. The Kier molecular flexibility index (Phi) is 4.60. The Balaban J connectivity index is 2.44. The van der Waals surface area contributed by atoms with Gasteiger partial charge >= 0.3 is 0 Å². The van der Waals surface area contributed by atoms with Crippen LogP contribution in [0.5, 0.6) is 5.75 Å². The number of methoxy groups -OCH3 is 1. The molecule has 2 nitrogen and oxygen atoms in total. The molecule has 0 saturated carbocycles. The molecule has 0 aliphatic heterocycles. The zero-order valence-electron chi connectivity index (χ0n) is 10.2. The van der Waals surface area contributed by atoms with E-state index in [4.69, 9.17) is 10.5 Å². The van der Waals surface area contributed by atoms with E-state index in [0.717, 1.165) is 10.0 Å². The van der Waals surface area contributed by atoms with Crippen LogP contribution < -0.4 is 10.5 Å². The molecular formula is C14H12Br2FNO. The molecule has 19 heavy (non-hydrogen) atoms. The minimum absolute atomic E-state index is 0.325. The van der Waals surface area contributed by atoms with Crippen LogP contribution in [0.15, 0.2) is 45.3 Å². The number of rotatable bonds is 3. The normalized spacial score (nSPS) is 12.3. The average molecular weight is 389 g/mol. The second kappa shape index (κ2) is 6.03. The maximum atomic E-state index is 13.9. The first-order chi connectivity index (χ1) is 9.04. The van der Waals surface area contributed by atoms with Crippen LogP contribution in [0, 0.1) is 5.82 Å². The average Bonchev–Trinajstić information content (AvgIpc) is 2.38. The van der Waals surface area contributed by atoms with Gasteiger partial charge in [-0.2, -0.15) is 0 Å². The van der Waals surface area contributed by atoms with E-state index in [1.807, 2.05) is 12.1 Å². The maximum absolute atomic E-state index is 13.9. The Morgan fingerprint density at radius 2 is 1.89 bits per heavy atom. The van der Waals surface area contributed by atoms with Gasteiger partial charge in [-0.15, -0.1) is 0 Å². The number of hydrogen-bond acceptors (Lipinski definition) is 2. The van der Waals surface area contributed by atoms with Crippen molar-refractivity contribution in [1.82, 2.24) is 0 Å². The van der Waals surface area contributed by atoms with E-state index >= 15 is 0 Å². The highest BCUT2D eigenvalue weighted by Gasteiger charge is 2.17. The molecule has 2 aromatic carbocycles. The molecule has 0 aliphatic rings. The first-order valence-corrected chi connectivity index (χ1v) is 7.16. The molecule has 2 aromatic rings. The van der Waals surface area contributed by atoms with Gasteiger partial charge in [0.25, 0.3) is 0 Å². The largest absolute Gasteiger partial charge is 0.496 e. The molecule has 0 fully saturated rings. The van der Waals surface area contributed by atoms with Gasteiger partial charge in [0.2, 0.25) is 0 Å². The van der Waals surface area contributed by atoms with Gasteiger partial charge in [-0.05, 0) is 45.8 Å². The minimum Gasteiger partial charge on any atom is -0.496 e. The number of ether oxygens (including phenoxy) is 1. The van der Waals surface area contributed by atoms with E-state index in [9.17, 15) is 4.39 Å². The van der Waals surface area contributed by atoms with E-state index < -0.39 is 6.04 Å². The van der Waals surface area contributed by atoms with Crippen molar-refractivity contribution in [1.29, 1.82) is 0 Å². The van der Waals surface area contributed by atoms with E-state index in [0.29, 0.717) is 15.8 Å². The molecular weight excluding hydrogens is 377 g/mol. The lowest BCUT2D eigenvalue weighted by atomic mass is 9.99. The highest BCUT2D eigenvalue weighted by atomic mass is 79.9. The van der Waals surface area contributed by atoms with Gasteiger partial charge in [-0.25, -0.2) is 4.39 Å². The van der Waals surface area contributed by atoms with Crippen molar-refractivity contribution >= 4 is 31.9 Å². The van der Waals surface area contributed by atoms with Crippen LogP contribution in [0.3, 0.4) is 0 Å². The van der Waals surface area contributed by atoms with Crippen molar-refractivity contribution in [3.8, 4) is 5.75 Å². The van der Waals surface area contributed by atoms with E-state index in [1.165, 1.54) is 6.07 Å². The van der Waals surface area contributed by atoms with Gasteiger partial charge in [-0.1, -0.05) is 28.1 Å². The fraction of sp³-hybridized carbons (Fsp3) is 0.143. The van der Waals surface area contributed by atoms with Gasteiger partial charge in [0.1, 0.15) is 11.6 Å². The summed E-state index contributed by atoms with van der Waals surface area (Å²) in [6.07, 6.45) is 0. The summed E-state index contributed by atoms with van der Waals surface area (Å²) >= 11 is 6.73. The summed E-state index contributed by atoms with van der Waals surface area (Å²) in [6.45, 7) is 0. The Hall–Kier alpha value is -0.910. The minimum atomic E-state index is -0.544. The molecule has 0 bridgehead atoms. The van der Waals surface area contributed by atoms with E-state index in [-0.39, 0.29) is 5.82 Å². The fourth-order valence-electron chi connectivity index (χ4n) is 1.85. The van der Waals surface area contributed by atoms with Gasteiger partial charge < -0.3 is 10.5 Å². The Morgan fingerprint density at radius 1 is 1.16 bits per heavy atom. The molecule has 100 valence electrons. The molecule has 2 rings (SSSR count). The van der Waals surface area contributed by atoms with E-state index in [2.05, 4.69) is 31.9 Å². The number of nitrogens with two attached hydrogens (primary N) is 1. The van der Waals surface area contributed by atoms with Gasteiger partial charge in [0.15, 0.2) is 0 Å². The van der Waals surface area contributed by atoms with Crippen molar-refractivity contribution in [3.63, 3.8) is 0 Å². The lowest BCUT2D eigenvalue weighted by molar-refractivity contribution is 0.412. The van der Waals surface area contributed by atoms with Crippen LogP contribution >= 0.6 is 31.9 Å². The Labute approximate surface area is 128 Å². The molecule has 1 atom stereocenters. The molecule has 1 unspecified atom stereocenters. The summed E-state index contributed by atoms with van der Waals surface area (Å²) in [5.41, 5.74) is 7.39. The summed E-state index contributed by atoms with van der Waals surface area (Å²) in [5.74, 6) is 0.386. The van der Waals surface area contributed by atoms with Crippen LogP contribution in [-0.4, -0.2) is 7.11 Å². The standard InChI is InChI=1S/C14H12Br2FNO/c1-19-12-6-5-8(7-10(12)16)14(18)13-9(15)3-2-4-11(13)17/h2-7,14H,18H2,1H3. The maximum Gasteiger partial charge on any atom is 0.133 e. The second-order valence-electron chi connectivity index (χ2n) is 4.01. The lowest BCUT2D eigenvalue weighted by Crippen LogP contribution is -2.14. The summed E-state index contributed by atoms with van der Waals surface area (Å²) in [4.78, 5) is 0. The summed E-state index contributed by atoms with van der Waals surface area (Å²) in [6, 6.07) is 9.73. The van der Waals surface area contributed by atoms with E-state index in [1.54, 1.807) is 25.3 Å². The zero-order valence-corrected chi connectivity index (χ0v) is 13.3. The predicted octanol–water partition coefficient (Wildman–Crippen LogP) is 4.41. The molecule has 0 heterocycles. The molecule has 0 spiro atoms. The van der Waals surface area contributed by atoms with Crippen molar-refractivity contribution < 1.29 is 9.13 Å². The highest BCUT2D eigenvalue weighted by molar-refractivity contribution is 9.10. The van der Waals surface area contributed by atoms with Crippen molar-refractivity contribution in [2.45, 2.75) is 6.04 Å². The molecule has 5 heteroatoms. The van der Waals surface area contributed by atoms with Gasteiger partial charge in [0, 0.05) is 10.0 Å². The summed E-state index contributed by atoms with van der Waals surface area (Å²) < 4.78 is 20.5. The third kappa shape index (κ3) is 2.99. The molecule has 0 aliphatic carbocycles. The molecule has 0 aromatic heterocycles. The molecule has 0 saturated heterocycles. The topological polar surface area (TPSA) is 35.2 Å². The highest BCUT2D eigenvalue weighted by Crippen LogP contribution is 2.33. The quantitative estimate of drug-likeness (QED) is 0.845. The smallest absolute Gasteiger partial charge is 0.133 e. The van der Waals surface area contributed by atoms with Crippen LogP contribution in [0.2, 0.25) is 0 Å². The Bertz CT molecular complexity index is 584. The van der Waals surface area contributed by atoms with Crippen LogP contribution in [0.25, 0.3) is 0 Å². The number of benzene rings is 2. The van der Waals surface area contributed by atoms with Crippen molar-refractivity contribution in [2.75, 3.05) is 7.11 Å². The predicted molar refractivity (Wildman–Crippen MR) is 80.8 cm³/mol. The fourth-order valence-corrected chi connectivity index (χ4v) is 3.00. The molecule has 0 amide bonds. The van der Waals surface area contributed by atoms with Crippen LogP contribution in [0.4, 0.5) is 4.39 Å².